The van der Waals surface area contributed by atoms with Crippen molar-refractivity contribution in [1.82, 2.24) is 0 Å². The quantitative estimate of drug-likeness (QED) is 0.698. The van der Waals surface area contributed by atoms with Gasteiger partial charge in [0, 0.05) is 0 Å². The molecule has 3 unspecified atom stereocenters. The van der Waals surface area contributed by atoms with E-state index in [1.807, 2.05) is 0 Å². The van der Waals surface area contributed by atoms with Crippen LogP contribution in [0.25, 0.3) is 0 Å². The van der Waals surface area contributed by atoms with Crippen LogP contribution >= 0.6 is 0 Å². The van der Waals surface area contributed by atoms with Crippen LogP contribution < -0.4 is 0 Å². The van der Waals surface area contributed by atoms with Crippen molar-refractivity contribution < 1.29 is 5.11 Å². The van der Waals surface area contributed by atoms with E-state index in [0.717, 1.165) is 31.1 Å². The minimum absolute atomic E-state index is 0.0625. The van der Waals surface area contributed by atoms with Crippen LogP contribution in [0.5, 0.6) is 0 Å². The van der Waals surface area contributed by atoms with Gasteiger partial charge in [-0.25, -0.2) is 0 Å². The zero-order valence-electron chi connectivity index (χ0n) is 15.1. The van der Waals surface area contributed by atoms with Crippen LogP contribution in [0, 0.1) is 39.4 Å². The summed E-state index contributed by atoms with van der Waals surface area (Å²) < 4.78 is 0. The predicted octanol–water partition coefficient (Wildman–Crippen LogP) is 4.92. The Hall–Kier alpha value is -0.440. The smallest absolute Gasteiger partial charge is 0.105 e. The maximum atomic E-state index is 11.6. The minimum Gasteiger partial charge on any atom is -0.393 e. The molecule has 0 aromatic rings. The van der Waals surface area contributed by atoms with Crippen LogP contribution in [0.3, 0.4) is 0 Å². The van der Waals surface area contributed by atoms with E-state index in [0.29, 0.717) is 17.3 Å². The zero-order valence-corrected chi connectivity index (χ0v) is 15.1. The number of rotatable bonds is 1. The Kier molecular flexibility index (Phi) is 3.51. The van der Waals surface area contributed by atoms with Crippen molar-refractivity contribution in [1.29, 1.82) is 0 Å². The highest BCUT2D eigenvalue weighted by Crippen LogP contribution is 2.68. The third-order valence-electron chi connectivity index (χ3n) is 9.40. The van der Waals surface area contributed by atoms with Gasteiger partial charge in [0.1, 0.15) is 5.54 Å². The van der Waals surface area contributed by atoms with E-state index in [1.54, 1.807) is 0 Å². The van der Waals surface area contributed by atoms with E-state index < -0.39 is 0 Å². The van der Waals surface area contributed by atoms with Crippen molar-refractivity contribution in [3.63, 3.8) is 0 Å². The second-order valence-electron chi connectivity index (χ2n) is 9.95. The molecule has 4 fully saturated rings. The standard InChI is InChI=1S/C20H33NO2/c1-18-9-6-14(22)12-13(18)4-5-15-16(18)7-10-19(2)17(15)8-11-20(19,3)21-23/h13-17,22H,4-12H2,1-3H3/t13-,14-,15?,16?,17?,18+,19+,20+/m1/s1. The summed E-state index contributed by atoms with van der Waals surface area (Å²) in [7, 11) is 0. The van der Waals surface area contributed by atoms with Crippen molar-refractivity contribution in [3.8, 4) is 0 Å². The maximum absolute atomic E-state index is 11.6. The van der Waals surface area contributed by atoms with Crippen molar-refractivity contribution >= 4 is 0 Å². The minimum atomic E-state index is -0.344. The molecule has 130 valence electrons. The molecule has 23 heavy (non-hydrogen) atoms. The molecule has 0 aliphatic heterocycles. The van der Waals surface area contributed by atoms with Gasteiger partial charge < -0.3 is 5.11 Å². The second-order valence-corrected chi connectivity index (χ2v) is 9.95. The third kappa shape index (κ3) is 1.98. The van der Waals surface area contributed by atoms with Gasteiger partial charge in [0.25, 0.3) is 0 Å². The molecular weight excluding hydrogens is 286 g/mol. The lowest BCUT2D eigenvalue weighted by Crippen LogP contribution is -2.55. The molecule has 0 radical (unpaired) electrons. The topological polar surface area (TPSA) is 49.7 Å². The first kappa shape index (κ1) is 16.1. The SMILES string of the molecule is C[C@]12CCC3C(CC[C@@H]4C[C@H](O)CC[C@]34C)C1CC[C@]2(C)N=O. The Bertz CT molecular complexity index is 508. The lowest BCUT2D eigenvalue weighted by molar-refractivity contribution is -0.127. The van der Waals surface area contributed by atoms with E-state index in [9.17, 15) is 10.0 Å². The molecule has 8 atom stereocenters. The van der Waals surface area contributed by atoms with E-state index >= 15 is 0 Å². The molecule has 0 saturated heterocycles. The highest BCUT2D eigenvalue weighted by atomic mass is 16.3. The fourth-order valence-corrected chi connectivity index (χ4v) is 7.63. The molecule has 4 rings (SSSR count). The molecule has 0 aromatic carbocycles. The van der Waals surface area contributed by atoms with E-state index in [-0.39, 0.29) is 17.1 Å². The van der Waals surface area contributed by atoms with E-state index in [2.05, 4.69) is 25.9 Å². The molecule has 0 bridgehead atoms. The van der Waals surface area contributed by atoms with Gasteiger partial charge in [-0.05, 0) is 99.2 Å². The maximum Gasteiger partial charge on any atom is 0.105 e. The molecule has 0 aromatic heterocycles. The second kappa shape index (κ2) is 5.03. The van der Waals surface area contributed by atoms with Crippen LogP contribution in [0.2, 0.25) is 0 Å². The van der Waals surface area contributed by atoms with Crippen molar-refractivity contribution in [2.24, 2.45) is 39.7 Å². The number of nitroso groups, excluding NO2 is 1. The zero-order chi connectivity index (χ0) is 16.5. The Balaban J connectivity index is 1.64. The van der Waals surface area contributed by atoms with Crippen molar-refractivity contribution in [2.45, 2.75) is 90.2 Å². The number of hydrogen-bond acceptors (Lipinski definition) is 3. The van der Waals surface area contributed by atoms with Crippen molar-refractivity contribution in [2.75, 3.05) is 0 Å². The largest absolute Gasteiger partial charge is 0.393 e. The summed E-state index contributed by atoms with van der Waals surface area (Å²) in [4.78, 5) is 11.6. The molecule has 4 aliphatic carbocycles. The first-order valence-electron chi connectivity index (χ1n) is 9.87. The highest BCUT2D eigenvalue weighted by molar-refractivity contribution is 5.15. The summed E-state index contributed by atoms with van der Waals surface area (Å²) in [5, 5.41) is 13.7. The fraction of sp³-hybridized carbons (Fsp3) is 1.00. The summed E-state index contributed by atoms with van der Waals surface area (Å²) in [5.74, 6) is 3.00. The molecule has 4 aliphatic rings. The monoisotopic (exact) mass is 319 g/mol. The average molecular weight is 319 g/mol. The lowest BCUT2D eigenvalue weighted by Gasteiger charge is -2.61. The first-order valence-corrected chi connectivity index (χ1v) is 9.87. The number of aliphatic hydroxyl groups excluding tert-OH is 1. The van der Waals surface area contributed by atoms with E-state index in [4.69, 9.17) is 0 Å². The Labute approximate surface area is 140 Å². The summed E-state index contributed by atoms with van der Waals surface area (Å²) in [6, 6.07) is 0. The lowest BCUT2D eigenvalue weighted by atomic mass is 9.44. The Morgan fingerprint density at radius 2 is 1.65 bits per heavy atom. The summed E-state index contributed by atoms with van der Waals surface area (Å²) >= 11 is 0. The number of fused-ring (bicyclic) bond motifs is 5. The highest BCUT2D eigenvalue weighted by Gasteiger charge is 2.64. The molecule has 3 nitrogen and oxygen atoms in total. The van der Waals surface area contributed by atoms with Crippen LogP contribution in [0.15, 0.2) is 5.18 Å². The van der Waals surface area contributed by atoms with Gasteiger partial charge in [0.15, 0.2) is 0 Å². The van der Waals surface area contributed by atoms with Crippen LogP contribution in [0.1, 0.15) is 78.6 Å². The summed E-state index contributed by atoms with van der Waals surface area (Å²) in [6.45, 7) is 7.00. The van der Waals surface area contributed by atoms with Gasteiger partial charge in [0.2, 0.25) is 0 Å². The molecule has 1 N–H and O–H groups in total. The summed E-state index contributed by atoms with van der Waals surface area (Å²) in [6.07, 6.45) is 10.4. The number of aliphatic hydroxyl groups is 1. The van der Waals surface area contributed by atoms with Crippen molar-refractivity contribution in [3.05, 3.63) is 4.91 Å². The fourth-order valence-electron chi connectivity index (χ4n) is 7.63. The summed E-state index contributed by atoms with van der Waals surface area (Å²) in [5.41, 5.74) is 0.202. The van der Waals surface area contributed by atoms with Gasteiger partial charge in [-0.1, -0.05) is 19.0 Å². The molecule has 0 amide bonds. The van der Waals surface area contributed by atoms with Crippen LogP contribution in [-0.4, -0.2) is 16.7 Å². The normalized spacial score (nSPS) is 58.9. The van der Waals surface area contributed by atoms with Gasteiger partial charge in [-0.15, -0.1) is 0 Å². The molecule has 0 spiro atoms. The number of nitrogens with zero attached hydrogens (tertiary/aromatic N) is 1. The molecule has 3 heteroatoms. The Morgan fingerprint density at radius 3 is 2.39 bits per heavy atom. The van der Waals surface area contributed by atoms with E-state index in [1.165, 1.54) is 38.5 Å². The Morgan fingerprint density at radius 1 is 0.913 bits per heavy atom. The van der Waals surface area contributed by atoms with Gasteiger partial charge in [0.05, 0.1) is 6.10 Å². The molecular formula is C20H33NO2. The van der Waals surface area contributed by atoms with Gasteiger partial charge in [-0.3, -0.25) is 0 Å². The first-order chi connectivity index (χ1) is 10.8. The molecule has 4 saturated carbocycles. The van der Waals surface area contributed by atoms with Gasteiger partial charge >= 0.3 is 0 Å². The van der Waals surface area contributed by atoms with Gasteiger partial charge in [-0.2, -0.15) is 4.91 Å². The predicted molar refractivity (Wildman–Crippen MR) is 91.9 cm³/mol. The third-order valence-corrected chi connectivity index (χ3v) is 9.40. The number of hydrogen-bond donors (Lipinski definition) is 1. The molecule has 0 heterocycles. The average Bonchev–Trinajstić information content (AvgIpc) is 2.80. The van der Waals surface area contributed by atoms with Crippen LogP contribution in [0.4, 0.5) is 0 Å². The van der Waals surface area contributed by atoms with Crippen LogP contribution in [-0.2, 0) is 0 Å².